The zero-order valence-electron chi connectivity index (χ0n) is 17.4. The monoisotopic (exact) mass is 404 g/mol. The molecule has 6 nitrogen and oxygen atoms in total. The van der Waals surface area contributed by atoms with Crippen LogP contribution in [0.4, 0.5) is 0 Å². The van der Waals surface area contributed by atoms with Crippen molar-refractivity contribution in [3.8, 4) is 0 Å². The van der Waals surface area contributed by atoms with E-state index in [4.69, 9.17) is 0 Å². The van der Waals surface area contributed by atoms with Crippen molar-refractivity contribution in [2.24, 2.45) is 0 Å². The summed E-state index contributed by atoms with van der Waals surface area (Å²) in [4.78, 5) is 2.26. The van der Waals surface area contributed by atoms with Gasteiger partial charge in [-0.05, 0) is 46.3 Å². The molecular formula is C21H32N4O2S. The van der Waals surface area contributed by atoms with Crippen LogP contribution in [0.5, 0.6) is 0 Å². The molecule has 2 atom stereocenters. The summed E-state index contributed by atoms with van der Waals surface area (Å²) in [5, 5.41) is 8.25. The predicted octanol–water partition coefficient (Wildman–Crippen LogP) is 2.12. The van der Waals surface area contributed by atoms with Crippen molar-refractivity contribution in [3.63, 3.8) is 0 Å². The van der Waals surface area contributed by atoms with Gasteiger partial charge in [-0.2, -0.15) is 5.10 Å². The average molecular weight is 405 g/mol. The first-order valence-electron chi connectivity index (χ1n) is 9.93. The number of hydrogen-bond donors (Lipinski definition) is 1. The minimum atomic E-state index is -2.91. The van der Waals surface area contributed by atoms with Crippen LogP contribution in [0.2, 0.25) is 0 Å². The van der Waals surface area contributed by atoms with Crippen LogP contribution in [0.15, 0.2) is 30.3 Å². The molecule has 3 rings (SSSR count). The van der Waals surface area contributed by atoms with Crippen molar-refractivity contribution in [1.82, 2.24) is 20.0 Å². The van der Waals surface area contributed by atoms with Crippen LogP contribution in [0.1, 0.15) is 35.0 Å². The van der Waals surface area contributed by atoms with Gasteiger partial charge in [0.05, 0.1) is 23.2 Å². The van der Waals surface area contributed by atoms with Crippen LogP contribution in [0.25, 0.3) is 0 Å². The molecule has 0 radical (unpaired) electrons. The molecule has 0 bridgehead atoms. The maximum Gasteiger partial charge on any atom is 0.152 e. The average Bonchev–Trinajstić information content (AvgIpc) is 3.14. The van der Waals surface area contributed by atoms with Gasteiger partial charge < -0.3 is 10.2 Å². The normalized spacial score (nSPS) is 20.0. The molecule has 2 heterocycles. The van der Waals surface area contributed by atoms with Crippen molar-refractivity contribution in [2.75, 3.05) is 32.1 Å². The van der Waals surface area contributed by atoms with Crippen molar-refractivity contribution in [2.45, 2.75) is 45.3 Å². The first-order valence-corrected chi connectivity index (χ1v) is 11.7. The highest BCUT2D eigenvalue weighted by Crippen LogP contribution is 2.26. The maximum atomic E-state index is 11.8. The largest absolute Gasteiger partial charge is 0.311 e. The number of likely N-dealkylation sites (N-methyl/N-ethyl adjacent to an activating group) is 1. The zero-order chi connectivity index (χ0) is 20.3. The lowest BCUT2D eigenvalue weighted by atomic mass is 10.0. The summed E-state index contributed by atoms with van der Waals surface area (Å²) in [7, 11) is 1.32. The molecule has 7 heteroatoms. The first kappa shape index (κ1) is 21.0. The lowest BCUT2D eigenvalue weighted by Gasteiger charge is -2.25. The molecule has 154 valence electrons. The van der Waals surface area contributed by atoms with E-state index in [0.717, 1.165) is 30.9 Å². The van der Waals surface area contributed by atoms with Gasteiger partial charge in [0.1, 0.15) is 0 Å². The van der Waals surface area contributed by atoms with E-state index in [-0.39, 0.29) is 17.5 Å². The summed E-state index contributed by atoms with van der Waals surface area (Å²) in [5.74, 6) is 0.481. The summed E-state index contributed by atoms with van der Waals surface area (Å²) in [6, 6.07) is 10.9. The Bertz CT molecular complexity index is 891. The van der Waals surface area contributed by atoms with Crippen LogP contribution >= 0.6 is 0 Å². The van der Waals surface area contributed by atoms with E-state index in [9.17, 15) is 8.42 Å². The standard InChI is InChI=1S/C21H32N4O2S/c1-16-21(17(2)25(23-16)19-10-11-28(26,27)15-19)14-22-13-20(24(3)4)12-18-8-6-5-7-9-18/h5-9,19-20,22H,10-15H2,1-4H3/t19-,20+/m0/s1. The van der Waals surface area contributed by atoms with Crippen molar-refractivity contribution >= 4 is 9.84 Å². The van der Waals surface area contributed by atoms with Crippen LogP contribution in [-0.4, -0.2) is 61.3 Å². The number of nitrogens with zero attached hydrogens (tertiary/aromatic N) is 3. The second kappa shape index (κ2) is 8.76. The van der Waals surface area contributed by atoms with Gasteiger partial charge in [0.2, 0.25) is 0 Å². The Morgan fingerprint density at radius 1 is 1.25 bits per heavy atom. The molecule has 28 heavy (non-hydrogen) atoms. The van der Waals surface area contributed by atoms with E-state index in [1.165, 1.54) is 11.1 Å². The van der Waals surface area contributed by atoms with Gasteiger partial charge in [-0.3, -0.25) is 4.68 Å². The second-order valence-corrected chi connectivity index (χ2v) is 10.3. The molecule has 1 aromatic heterocycles. The first-order chi connectivity index (χ1) is 13.3. The van der Waals surface area contributed by atoms with Gasteiger partial charge in [-0.15, -0.1) is 0 Å². The van der Waals surface area contributed by atoms with Crippen molar-refractivity contribution in [3.05, 3.63) is 52.8 Å². The lowest BCUT2D eigenvalue weighted by molar-refractivity contribution is 0.281. The SMILES string of the molecule is Cc1nn([C@H]2CCS(=O)(=O)C2)c(C)c1CNC[C@@H](Cc1ccccc1)N(C)C. The fourth-order valence-electron chi connectivity index (χ4n) is 3.96. The molecule has 1 N–H and O–H groups in total. The van der Waals surface area contributed by atoms with Crippen LogP contribution < -0.4 is 5.32 Å². The fourth-order valence-corrected chi connectivity index (χ4v) is 5.66. The molecule has 1 aliphatic rings. The molecular weight excluding hydrogens is 372 g/mol. The Balaban J connectivity index is 1.62. The van der Waals surface area contributed by atoms with Gasteiger partial charge in [-0.25, -0.2) is 8.42 Å². The van der Waals surface area contributed by atoms with Crippen LogP contribution in [-0.2, 0) is 22.8 Å². The lowest BCUT2D eigenvalue weighted by Crippen LogP contribution is -2.39. The smallest absolute Gasteiger partial charge is 0.152 e. The highest BCUT2D eigenvalue weighted by Gasteiger charge is 2.31. The van der Waals surface area contributed by atoms with Crippen LogP contribution in [0, 0.1) is 13.8 Å². The number of nitrogens with one attached hydrogen (secondary N) is 1. The third-order valence-corrected chi connectivity index (χ3v) is 7.51. The molecule has 2 aromatic rings. The van der Waals surface area contributed by atoms with Gasteiger partial charge >= 0.3 is 0 Å². The summed E-state index contributed by atoms with van der Waals surface area (Å²) in [6.45, 7) is 5.69. The van der Waals surface area contributed by atoms with Gasteiger partial charge in [-0.1, -0.05) is 30.3 Å². The highest BCUT2D eigenvalue weighted by atomic mass is 32.2. The van der Waals surface area contributed by atoms with Crippen molar-refractivity contribution in [1.29, 1.82) is 0 Å². The van der Waals surface area contributed by atoms with E-state index < -0.39 is 9.84 Å². The Kier molecular flexibility index (Phi) is 6.58. The summed E-state index contributed by atoms with van der Waals surface area (Å²) in [6.07, 6.45) is 1.66. The van der Waals surface area contributed by atoms with Gasteiger partial charge in [0.25, 0.3) is 0 Å². The molecule has 0 spiro atoms. The number of benzene rings is 1. The van der Waals surface area contributed by atoms with Gasteiger partial charge in [0, 0.05) is 30.4 Å². The number of hydrogen-bond acceptors (Lipinski definition) is 5. The third-order valence-electron chi connectivity index (χ3n) is 5.76. The molecule has 0 amide bonds. The Labute approximate surface area is 168 Å². The fraction of sp³-hybridized carbons (Fsp3) is 0.571. The van der Waals surface area contributed by atoms with E-state index in [1.807, 2.05) is 17.7 Å². The topological polar surface area (TPSA) is 67.2 Å². The quantitative estimate of drug-likeness (QED) is 0.730. The zero-order valence-corrected chi connectivity index (χ0v) is 18.2. The molecule has 0 unspecified atom stereocenters. The summed E-state index contributed by atoms with van der Waals surface area (Å²) < 4.78 is 25.6. The molecule has 0 aliphatic carbocycles. The Hall–Kier alpha value is -1.70. The van der Waals surface area contributed by atoms with Crippen molar-refractivity contribution < 1.29 is 8.42 Å². The Morgan fingerprint density at radius 3 is 2.57 bits per heavy atom. The Morgan fingerprint density at radius 2 is 1.96 bits per heavy atom. The third kappa shape index (κ3) is 5.01. The van der Waals surface area contributed by atoms with Gasteiger partial charge in [0.15, 0.2) is 9.84 Å². The molecule has 1 saturated heterocycles. The molecule has 1 aliphatic heterocycles. The second-order valence-electron chi connectivity index (χ2n) is 8.09. The molecule has 1 aromatic carbocycles. The summed E-state index contributed by atoms with van der Waals surface area (Å²) >= 11 is 0. The van der Waals surface area contributed by atoms with E-state index >= 15 is 0 Å². The highest BCUT2D eigenvalue weighted by molar-refractivity contribution is 7.91. The van der Waals surface area contributed by atoms with E-state index in [1.54, 1.807) is 0 Å². The number of rotatable bonds is 8. The molecule has 0 saturated carbocycles. The minimum absolute atomic E-state index is 0.0231. The van der Waals surface area contributed by atoms with E-state index in [2.05, 4.69) is 60.6 Å². The molecule has 1 fully saturated rings. The van der Waals surface area contributed by atoms with Crippen LogP contribution in [0.3, 0.4) is 0 Å². The number of aryl methyl sites for hydroxylation is 1. The maximum absolute atomic E-state index is 11.8. The number of sulfone groups is 1. The predicted molar refractivity (Wildman–Crippen MR) is 113 cm³/mol. The summed E-state index contributed by atoms with van der Waals surface area (Å²) in [5.41, 5.74) is 4.59. The minimum Gasteiger partial charge on any atom is -0.311 e. The van der Waals surface area contributed by atoms with E-state index in [0.29, 0.717) is 12.5 Å². The number of aromatic nitrogens is 2.